The van der Waals surface area contributed by atoms with Gasteiger partial charge in [-0.05, 0) is 48.0 Å². The molecule has 1 aliphatic heterocycles. The minimum Gasteiger partial charge on any atom is -0.497 e. The van der Waals surface area contributed by atoms with Gasteiger partial charge in [0.05, 0.1) is 26.4 Å². The number of rotatable bonds is 7. The van der Waals surface area contributed by atoms with Gasteiger partial charge < -0.3 is 19.4 Å². The molecule has 0 bridgehead atoms. The highest BCUT2D eigenvalue weighted by Gasteiger charge is 2.23. The fourth-order valence-corrected chi connectivity index (χ4v) is 3.78. The molecule has 1 amide bonds. The molecule has 3 aromatic rings. The summed E-state index contributed by atoms with van der Waals surface area (Å²) in [4.78, 5) is 15.3. The fraction of sp³-hybridized carbons (Fsp3) is 0.292. The lowest BCUT2D eigenvalue weighted by molar-refractivity contribution is 0.0162. The first-order valence-electron chi connectivity index (χ1n) is 10.2. The quantitative estimate of drug-likeness (QED) is 0.655. The molecule has 0 spiro atoms. The van der Waals surface area contributed by atoms with E-state index in [1.165, 1.54) is 0 Å². The minimum atomic E-state index is -0.0734. The number of nitrogens with one attached hydrogen (secondary N) is 1. The number of ether oxygens (including phenoxy) is 2. The van der Waals surface area contributed by atoms with Crippen LogP contribution in [0.3, 0.4) is 0 Å². The summed E-state index contributed by atoms with van der Waals surface area (Å²) < 4.78 is 12.8. The van der Waals surface area contributed by atoms with Crippen molar-refractivity contribution < 1.29 is 14.3 Å². The van der Waals surface area contributed by atoms with E-state index >= 15 is 0 Å². The van der Waals surface area contributed by atoms with Crippen LogP contribution in [0.4, 0.5) is 0 Å². The van der Waals surface area contributed by atoms with Crippen molar-refractivity contribution >= 4 is 5.91 Å². The highest BCUT2D eigenvalue weighted by Crippen LogP contribution is 2.24. The summed E-state index contributed by atoms with van der Waals surface area (Å²) in [6.07, 6.45) is 3.93. The largest absolute Gasteiger partial charge is 0.497 e. The van der Waals surface area contributed by atoms with E-state index < -0.39 is 0 Å². The maximum Gasteiger partial charge on any atom is 0.251 e. The van der Waals surface area contributed by atoms with Crippen LogP contribution in [0.5, 0.6) is 5.75 Å². The third-order valence-electron chi connectivity index (χ3n) is 5.45. The molecular formula is C24H27N3O3. The van der Waals surface area contributed by atoms with Crippen LogP contribution < -0.4 is 10.1 Å². The van der Waals surface area contributed by atoms with Crippen molar-refractivity contribution in [1.82, 2.24) is 14.8 Å². The zero-order chi connectivity index (χ0) is 20.8. The molecule has 0 aliphatic carbocycles. The predicted octanol–water partition coefficient (Wildman–Crippen LogP) is 3.29. The summed E-state index contributed by atoms with van der Waals surface area (Å²) in [6.45, 7) is 3.63. The maximum absolute atomic E-state index is 12.9. The van der Waals surface area contributed by atoms with Crippen LogP contribution in [0.2, 0.25) is 0 Å². The Balaban J connectivity index is 1.48. The molecule has 1 aliphatic rings. The number of hydrogen-bond donors (Lipinski definition) is 1. The van der Waals surface area contributed by atoms with E-state index in [1.807, 2.05) is 65.5 Å². The van der Waals surface area contributed by atoms with E-state index in [0.29, 0.717) is 25.3 Å². The molecule has 1 atom stereocenters. The second-order valence-corrected chi connectivity index (χ2v) is 7.29. The fourth-order valence-electron chi connectivity index (χ4n) is 3.78. The number of methoxy groups -OCH3 is 1. The first kappa shape index (κ1) is 20.2. The molecule has 6 nitrogen and oxygen atoms in total. The zero-order valence-electron chi connectivity index (χ0n) is 17.2. The summed E-state index contributed by atoms with van der Waals surface area (Å²) >= 11 is 0. The summed E-state index contributed by atoms with van der Waals surface area (Å²) in [7, 11) is 1.66. The third-order valence-corrected chi connectivity index (χ3v) is 5.45. The highest BCUT2D eigenvalue weighted by atomic mass is 16.5. The first-order chi connectivity index (χ1) is 14.7. The van der Waals surface area contributed by atoms with Gasteiger partial charge in [0.2, 0.25) is 0 Å². The second kappa shape index (κ2) is 9.61. The van der Waals surface area contributed by atoms with Crippen LogP contribution in [0.1, 0.15) is 22.0 Å². The molecule has 1 aromatic heterocycles. The van der Waals surface area contributed by atoms with E-state index in [2.05, 4.69) is 22.3 Å². The minimum absolute atomic E-state index is 0.0734. The molecule has 30 heavy (non-hydrogen) atoms. The van der Waals surface area contributed by atoms with E-state index in [4.69, 9.17) is 9.47 Å². The molecule has 156 valence electrons. The number of hydrogen-bond acceptors (Lipinski definition) is 4. The SMILES string of the molecule is COc1ccc([C@H](CNC(=O)c2cccc(-n3cccc3)c2)N2CCOCC2)cc1. The van der Waals surface area contributed by atoms with Crippen LogP contribution in [-0.2, 0) is 4.74 Å². The number of carbonyl (C=O) groups is 1. The highest BCUT2D eigenvalue weighted by molar-refractivity contribution is 5.94. The average molecular weight is 405 g/mol. The van der Waals surface area contributed by atoms with E-state index in [1.54, 1.807) is 7.11 Å². The van der Waals surface area contributed by atoms with Gasteiger partial charge in [0, 0.05) is 43.3 Å². The Morgan fingerprint density at radius 3 is 2.50 bits per heavy atom. The number of benzene rings is 2. The van der Waals surface area contributed by atoms with Gasteiger partial charge in [0.15, 0.2) is 0 Å². The molecular weight excluding hydrogens is 378 g/mol. The van der Waals surface area contributed by atoms with Crippen LogP contribution in [-0.4, -0.2) is 55.3 Å². The molecule has 1 fully saturated rings. The molecule has 0 unspecified atom stereocenters. The van der Waals surface area contributed by atoms with Crippen LogP contribution >= 0.6 is 0 Å². The van der Waals surface area contributed by atoms with Crippen molar-refractivity contribution in [3.05, 3.63) is 84.2 Å². The summed E-state index contributed by atoms with van der Waals surface area (Å²) in [6, 6.07) is 19.7. The van der Waals surface area contributed by atoms with Gasteiger partial charge in [0.25, 0.3) is 5.91 Å². The van der Waals surface area contributed by atoms with Gasteiger partial charge in [0.1, 0.15) is 5.75 Å². The van der Waals surface area contributed by atoms with E-state index in [9.17, 15) is 4.79 Å². The number of carbonyl (C=O) groups excluding carboxylic acids is 1. The lowest BCUT2D eigenvalue weighted by Gasteiger charge is -2.35. The van der Waals surface area contributed by atoms with E-state index in [0.717, 1.165) is 30.1 Å². The van der Waals surface area contributed by atoms with Crippen molar-refractivity contribution in [3.63, 3.8) is 0 Å². The Labute approximate surface area is 177 Å². The lowest BCUT2D eigenvalue weighted by atomic mass is 10.0. The smallest absolute Gasteiger partial charge is 0.251 e. The van der Waals surface area contributed by atoms with Crippen LogP contribution in [0.25, 0.3) is 5.69 Å². The molecule has 0 radical (unpaired) electrons. The number of amides is 1. The number of morpholine rings is 1. The van der Waals surface area contributed by atoms with Crippen molar-refractivity contribution in [2.75, 3.05) is 40.0 Å². The lowest BCUT2D eigenvalue weighted by Crippen LogP contribution is -2.43. The molecule has 1 saturated heterocycles. The first-order valence-corrected chi connectivity index (χ1v) is 10.2. The van der Waals surface area contributed by atoms with Gasteiger partial charge in [-0.25, -0.2) is 0 Å². The standard InChI is InChI=1S/C24H27N3O3/c1-29-22-9-7-19(8-10-22)23(27-13-15-30-16-14-27)18-25-24(28)20-5-4-6-21(17-20)26-11-2-3-12-26/h2-12,17,23H,13-16,18H2,1H3,(H,25,28)/t23-/m0/s1. The van der Waals surface area contributed by atoms with Gasteiger partial charge in [-0.2, -0.15) is 0 Å². The molecule has 6 heteroatoms. The molecule has 4 rings (SSSR count). The Morgan fingerprint density at radius 2 is 1.80 bits per heavy atom. The van der Waals surface area contributed by atoms with Crippen molar-refractivity contribution in [2.24, 2.45) is 0 Å². The predicted molar refractivity (Wildman–Crippen MR) is 116 cm³/mol. The topological polar surface area (TPSA) is 55.7 Å². The van der Waals surface area contributed by atoms with Crippen LogP contribution in [0.15, 0.2) is 73.1 Å². The van der Waals surface area contributed by atoms with Crippen molar-refractivity contribution in [1.29, 1.82) is 0 Å². The van der Waals surface area contributed by atoms with Gasteiger partial charge in [-0.3, -0.25) is 9.69 Å². The molecule has 0 saturated carbocycles. The van der Waals surface area contributed by atoms with Crippen molar-refractivity contribution in [3.8, 4) is 11.4 Å². The van der Waals surface area contributed by atoms with Gasteiger partial charge in [-0.1, -0.05) is 18.2 Å². The van der Waals surface area contributed by atoms with Crippen LogP contribution in [0, 0.1) is 0 Å². The summed E-state index contributed by atoms with van der Waals surface area (Å²) in [5, 5.41) is 3.13. The Morgan fingerprint density at radius 1 is 1.07 bits per heavy atom. The normalized spacial score (nSPS) is 15.5. The molecule has 2 heterocycles. The summed E-state index contributed by atoms with van der Waals surface area (Å²) in [5.74, 6) is 0.751. The van der Waals surface area contributed by atoms with E-state index in [-0.39, 0.29) is 11.9 Å². The summed E-state index contributed by atoms with van der Waals surface area (Å²) in [5.41, 5.74) is 2.77. The molecule has 2 aromatic carbocycles. The Hall–Kier alpha value is -3.09. The zero-order valence-corrected chi connectivity index (χ0v) is 17.2. The molecule has 1 N–H and O–H groups in total. The van der Waals surface area contributed by atoms with Crippen molar-refractivity contribution in [2.45, 2.75) is 6.04 Å². The van der Waals surface area contributed by atoms with Gasteiger partial charge >= 0.3 is 0 Å². The average Bonchev–Trinajstić information content (AvgIpc) is 3.35. The number of nitrogens with zero attached hydrogens (tertiary/aromatic N) is 2. The Kier molecular flexibility index (Phi) is 6.47. The number of aromatic nitrogens is 1. The van der Waals surface area contributed by atoms with Gasteiger partial charge in [-0.15, -0.1) is 0 Å². The second-order valence-electron chi connectivity index (χ2n) is 7.29. The maximum atomic E-state index is 12.9. The Bertz CT molecular complexity index is 948. The third kappa shape index (κ3) is 4.72. The monoisotopic (exact) mass is 405 g/mol.